The van der Waals surface area contributed by atoms with Crippen LogP contribution >= 0.6 is 34.8 Å². The van der Waals surface area contributed by atoms with Gasteiger partial charge in [0.25, 0.3) is 0 Å². The zero-order valence-corrected chi connectivity index (χ0v) is 23.6. The number of halogens is 3. The van der Waals surface area contributed by atoms with Gasteiger partial charge in [-0.25, -0.2) is 0 Å². The number of hydrogen-bond donors (Lipinski definition) is 3. The largest absolute Gasteiger partial charge is 0.469 e. The van der Waals surface area contributed by atoms with E-state index in [1.54, 1.807) is 12.1 Å². The Hall–Kier alpha value is -2.61. The third-order valence-electron chi connectivity index (χ3n) is 5.07. The number of carbonyl (C=O) groups is 2. The molecule has 1 amide bonds. The van der Waals surface area contributed by atoms with Crippen LogP contribution in [0.15, 0.2) is 72.8 Å². The van der Waals surface area contributed by atoms with Gasteiger partial charge in [-0.15, -0.1) is 0 Å². The first-order chi connectivity index (χ1) is 17.4. The Balaban J connectivity index is 0.000000294. The maximum atomic E-state index is 11.4. The van der Waals surface area contributed by atoms with Gasteiger partial charge in [0.2, 0.25) is 5.91 Å². The second-order valence-electron chi connectivity index (χ2n) is 8.27. The Morgan fingerprint density at radius 2 is 1.03 bits per heavy atom. The summed E-state index contributed by atoms with van der Waals surface area (Å²) in [5.41, 5.74) is 14.4. The molecule has 0 aromatic heterocycles. The molecule has 0 aliphatic rings. The van der Waals surface area contributed by atoms with Gasteiger partial charge < -0.3 is 21.5 Å². The average molecular weight is 567 g/mol. The van der Waals surface area contributed by atoms with Crippen molar-refractivity contribution >= 4 is 46.7 Å². The summed E-state index contributed by atoms with van der Waals surface area (Å²) in [5.74, 6) is -0.912. The normalized spacial score (nSPS) is 12.5. The molecule has 0 heterocycles. The van der Waals surface area contributed by atoms with E-state index in [2.05, 4.69) is 10.1 Å². The second kappa shape index (κ2) is 17.0. The lowest BCUT2D eigenvalue weighted by atomic mass is 10.1. The summed E-state index contributed by atoms with van der Waals surface area (Å²) in [6, 6.07) is 22.3. The van der Waals surface area contributed by atoms with E-state index in [0.717, 1.165) is 26.7 Å². The van der Waals surface area contributed by atoms with Crippen LogP contribution in [0.5, 0.6) is 0 Å². The average Bonchev–Trinajstić information content (AvgIpc) is 2.85. The minimum absolute atomic E-state index is 0.0947. The van der Waals surface area contributed by atoms with E-state index in [1.165, 1.54) is 7.11 Å². The number of ether oxygens (including phenoxy) is 1. The van der Waals surface area contributed by atoms with Crippen molar-refractivity contribution in [2.45, 2.75) is 45.3 Å². The molecule has 0 bridgehead atoms. The predicted molar refractivity (Wildman–Crippen MR) is 153 cm³/mol. The molecule has 200 valence electrons. The summed E-state index contributed by atoms with van der Waals surface area (Å²) >= 11 is 17.1. The minimum Gasteiger partial charge on any atom is -0.469 e. The molecule has 0 spiro atoms. The molecule has 0 aliphatic carbocycles. The molecule has 0 fully saturated rings. The summed E-state index contributed by atoms with van der Waals surface area (Å²) in [6.45, 7) is 5.73. The third kappa shape index (κ3) is 13.5. The van der Waals surface area contributed by atoms with E-state index >= 15 is 0 Å². The van der Waals surface area contributed by atoms with Crippen molar-refractivity contribution in [1.29, 1.82) is 0 Å². The molecular formula is C28H34Cl3N3O3. The number of benzene rings is 3. The fourth-order valence-corrected chi connectivity index (χ4v) is 3.24. The minimum atomic E-state index is -0.550. The van der Waals surface area contributed by atoms with Crippen molar-refractivity contribution in [2.75, 3.05) is 7.11 Å². The topological polar surface area (TPSA) is 107 Å². The number of rotatable bonds is 6. The predicted octanol–water partition coefficient (Wildman–Crippen LogP) is 6.80. The number of hydrogen-bond acceptors (Lipinski definition) is 5. The summed E-state index contributed by atoms with van der Waals surface area (Å²) < 4.78 is 4.41. The lowest BCUT2D eigenvalue weighted by Gasteiger charge is -2.13. The van der Waals surface area contributed by atoms with Crippen LogP contribution < -0.4 is 16.8 Å². The molecule has 6 nitrogen and oxygen atoms in total. The summed E-state index contributed by atoms with van der Waals surface area (Å²) in [6.07, 6.45) is -0.269. The van der Waals surface area contributed by atoms with Gasteiger partial charge >= 0.3 is 5.97 Å². The third-order valence-corrected chi connectivity index (χ3v) is 5.83. The van der Waals surface area contributed by atoms with Crippen LogP contribution in [-0.4, -0.2) is 19.0 Å². The maximum absolute atomic E-state index is 11.4. The molecule has 5 N–H and O–H groups in total. The van der Waals surface area contributed by atoms with Gasteiger partial charge in [0.1, 0.15) is 6.42 Å². The van der Waals surface area contributed by atoms with Gasteiger partial charge in [-0.2, -0.15) is 0 Å². The summed E-state index contributed by atoms with van der Waals surface area (Å²) in [7, 11) is 1.25. The molecule has 0 radical (unpaired) electrons. The van der Waals surface area contributed by atoms with Crippen molar-refractivity contribution in [1.82, 2.24) is 5.32 Å². The van der Waals surface area contributed by atoms with Crippen molar-refractivity contribution in [3.63, 3.8) is 0 Å². The molecule has 0 saturated carbocycles. The van der Waals surface area contributed by atoms with E-state index in [1.807, 2.05) is 81.4 Å². The molecule has 0 aliphatic heterocycles. The highest BCUT2D eigenvalue weighted by molar-refractivity contribution is 6.31. The van der Waals surface area contributed by atoms with Gasteiger partial charge in [0.15, 0.2) is 0 Å². The fraction of sp³-hybridized carbons (Fsp3) is 0.286. The molecule has 3 aromatic carbocycles. The monoisotopic (exact) mass is 565 g/mol. The van der Waals surface area contributed by atoms with Crippen molar-refractivity contribution in [3.8, 4) is 0 Å². The van der Waals surface area contributed by atoms with Crippen LogP contribution in [0.3, 0.4) is 0 Å². The highest BCUT2D eigenvalue weighted by Crippen LogP contribution is 2.16. The van der Waals surface area contributed by atoms with Crippen molar-refractivity contribution in [3.05, 3.63) is 105 Å². The van der Waals surface area contributed by atoms with Gasteiger partial charge in [-0.3, -0.25) is 9.59 Å². The number of amides is 1. The van der Waals surface area contributed by atoms with Crippen LogP contribution in [0, 0.1) is 0 Å². The zero-order chi connectivity index (χ0) is 28.0. The standard InChI is InChI=1S/C12H14ClNO3.2C8H10ClN/c1-8(9-3-5-10(13)6-4-9)14-11(15)7-12(16)17-2;2*1-6(10)7-2-4-8(9)5-3-7/h3-6,8H,7H2,1-2H3,(H,14,15);2*2-6H,10H2,1H3. The molecule has 3 unspecified atom stereocenters. The zero-order valence-electron chi connectivity index (χ0n) is 21.4. The quantitative estimate of drug-likeness (QED) is 0.225. The van der Waals surface area contributed by atoms with E-state index in [0.29, 0.717) is 5.02 Å². The Bertz CT molecular complexity index is 1040. The van der Waals surface area contributed by atoms with E-state index < -0.39 is 5.97 Å². The molecule has 3 aromatic rings. The lowest BCUT2D eigenvalue weighted by Crippen LogP contribution is -2.28. The highest BCUT2D eigenvalue weighted by atomic mass is 35.5. The summed E-state index contributed by atoms with van der Waals surface area (Å²) in [4.78, 5) is 22.3. The first-order valence-corrected chi connectivity index (χ1v) is 12.7. The van der Waals surface area contributed by atoms with E-state index in [-0.39, 0.29) is 30.5 Å². The van der Waals surface area contributed by atoms with Crippen molar-refractivity contribution < 1.29 is 14.3 Å². The number of methoxy groups -OCH3 is 1. The van der Waals surface area contributed by atoms with Crippen LogP contribution in [0.4, 0.5) is 0 Å². The number of nitrogens with one attached hydrogen (secondary N) is 1. The maximum Gasteiger partial charge on any atom is 0.315 e. The highest BCUT2D eigenvalue weighted by Gasteiger charge is 2.13. The lowest BCUT2D eigenvalue weighted by molar-refractivity contribution is -0.143. The van der Waals surface area contributed by atoms with E-state index in [9.17, 15) is 9.59 Å². The van der Waals surface area contributed by atoms with Crippen molar-refractivity contribution in [2.24, 2.45) is 11.5 Å². The smallest absolute Gasteiger partial charge is 0.315 e. The molecule has 0 saturated heterocycles. The number of carbonyl (C=O) groups excluding carboxylic acids is 2. The van der Waals surface area contributed by atoms with Gasteiger partial charge in [-0.05, 0) is 73.9 Å². The molecular weight excluding hydrogens is 533 g/mol. The van der Waals surface area contributed by atoms with Crippen LogP contribution in [0.25, 0.3) is 0 Å². The second-order valence-corrected chi connectivity index (χ2v) is 9.58. The molecule has 3 rings (SSSR count). The van der Waals surface area contributed by atoms with Gasteiger partial charge in [-0.1, -0.05) is 71.2 Å². The number of esters is 1. The van der Waals surface area contributed by atoms with E-state index in [4.69, 9.17) is 46.3 Å². The van der Waals surface area contributed by atoms with Gasteiger partial charge in [0, 0.05) is 27.2 Å². The first-order valence-electron chi connectivity index (χ1n) is 11.6. The Kier molecular flexibility index (Phi) is 14.9. The van der Waals surface area contributed by atoms with Gasteiger partial charge in [0.05, 0.1) is 13.2 Å². The van der Waals surface area contributed by atoms with Crippen LogP contribution in [-0.2, 0) is 14.3 Å². The molecule has 37 heavy (non-hydrogen) atoms. The Morgan fingerprint density at radius 1 is 0.703 bits per heavy atom. The number of nitrogens with two attached hydrogens (primary N) is 2. The Labute approximate surface area is 234 Å². The molecule has 3 atom stereocenters. The first kappa shape index (κ1) is 32.4. The van der Waals surface area contributed by atoms with Crippen LogP contribution in [0.2, 0.25) is 15.1 Å². The fourth-order valence-electron chi connectivity index (χ4n) is 2.86. The van der Waals surface area contributed by atoms with Crippen LogP contribution in [0.1, 0.15) is 62.0 Å². The SMILES string of the molecule is CC(N)c1ccc(Cl)cc1.CC(N)c1ccc(Cl)cc1.COC(=O)CC(=O)NC(C)c1ccc(Cl)cc1. The Morgan fingerprint density at radius 3 is 1.32 bits per heavy atom. The molecule has 9 heteroatoms. The summed E-state index contributed by atoms with van der Waals surface area (Å²) in [5, 5.41) is 4.85.